The van der Waals surface area contributed by atoms with E-state index >= 15 is 0 Å². The molecule has 13 heavy (non-hydrogen) atoms. The van der Waals surface area contributed by atoms with Crippen LogP contribution in [-0.2, 0) is 4.79 Å². The Kier molecular flexibility index (Phi) is 3.30. The molecule has 3 nitrogen and oxygen atoms in total. The highest BCUT2D eigenvalue weighted by molar-refractivity contribution is 5.79. The summed E-state index contributed by atoms with van der Waals surface area (Å²) in [7, 11) is 1.72. The summed E-state index contributed by atoms with van der Waals surface area (Å²) in [5.41, 5.74) is 0. The van der Waals surface area contributed by atoms with Crippen LogP contribution >= 0.6 is 0 Å². The molecule has 1 atom stereocenters. The van der Waals surface area contributed by atoms with Crippen LogP contribution in [0.25, 0.3) is 0 Å². The molecule has 1 unspecified atom stereocenters. The van der Waals surface area contributed by atoms with Crippen molar-refractivity contribution in [2.75, 3.05) is 7.05 Å². The lowest BCUT2D eigenvalue weighted by molar-refractivity contribution is -0.134. The second-order valence-corrected chi connectivity index (χ2v) is 3.74. The molecule has 1 fully saturated rings. The van der Waals surface area contributed by atoms with Gasteiger partial charge in [0, 0.05) is 13.0 Å². The number of amides is 1. The van der Waals surface area contributed by atoms with Gasteiger partial charge in [-0.15, -0.1) is 0 Å². The van der Waals surface area contributed by atoms with Crippen LogP contribution in [0.4, 0.5) is 0 Å². The SMILES string of the molecule is CC(C#N)N(C)C(=O)C1CCCC1. The first-order valence-electron chi connectivity index (χ1n) is 4.83. The van der Waals surface area contributed by atoms with Crippen molar-refractivity contribution in [1.82, 2.24) is 4.90 Å². The fourth-order valence-electron chi connectivity index (χ4n) is 1.74. The zero-order valence-corrected chi connectivity index (χ0v) is 8.29. The largest absolute Gasteiger partial charge is 0.330 e. The third kappa shape index (κ3) is 2.21. The maximum absolute atomic E-state index is 11.7. The lowest BCUT2D eigenvalue weighted by Gasteiger charge is -2.22. The fourth-order valence-corrected chi connectivity index (χ4v) is 1.74. The van der Waals surface area contributed by atoms with Gasteiger partial charge in [0.05, 0.1) is 6.07 Å². The molecule has 1 saturated carbocycles. The van der Waals surface area contributed by atoms with E-state index in [1.807, 2.05) is 0 Å². The van der Waals surface area contributed by atoms with Crippen LogP contribution in [0.5, 0.6) is 0 Å². The first-order chi connectivity index (χ1) is 6.16. The van der Waals surface area contributed by atoms with Gasteiger partial charge >= 0.3 is 0 Å². The monoisotopic (exact) mass is 180 g/mol. The van der Waals surface area contributed by atoms with Gasteiger partial charge < -0.3 is 4.90 Å². The van der Waals surface area contributed by atoms with Gasteiger partial charge in [0.15, 0.2) is 0 Å². The Morgan fingerprint density at radius 2 is 2.08 bits per heavy atom. The average Bonchev–Trinajstić information content (AvgIpc) is 2.67. The molecule has 0 spiro atoms. The van der Waals surface area contributed by atoms with E-state index in [1.54, 1.807) is 18.9 Å². The van der Waals surface area contributed by atoms with Gasteiger partial charge in [0.2, 0.25) is 5.91 Å². The molecule has 0 aliphatic heterocycles. The fraction of sp³-hybridized carbons (Fsp3) is 0.800. The van der Waals surface area contributed by atoms with Crippen molar-refractivity contribution in [3.8, 4) is 6.07 Å². The van der Waals surface area contributed by atoms with Crippen molar-refractivity contribution in [2.45, 2.75) is 38.6 Å². The van der Waals surface area contributed by atoms with E-state index in [1.165, 1.54) is 0 Å². The Hall–Kier alpha value is -1.04. The zero-order chi connectivity index (χ0) is 9.84. The summed E-state index contributed by atoms with van der Waals surface area (Å²) in [6.07, 6.45) is 4.32. The standard InChI is InChI=1S/C10H16N2O/c1-8(7-11)12(2)10(13)9-5-3-4-6-9/h8-9H,3-6H2,1-2H3. The maximum Gasteiger partial charge on any atom is 0.226 e. The van der Waals surface area contributed by atoms with E-state index < -0.39 is 0 Å². The molecule has 0 heterocycles. The van der Waals surface area contributed by atoms with Gasteiger partial charge in [-0.2, -0.15) is 5.26 Å². The Bertz CT molecular complexity index is 226. The topological polar surface area (TPSA) is 44.1 Å². The predicted molar refractivity (Wildman–Crippen MR) is 49.8 cm³/mol. The highest BCUT2D eigenvalue weighted by Gasteiger charge is 2.27. The van der Waals surface area contributed by atoms with E-state index in [0.717, 1.165) is 25.7 Å². The molecule has 1 aliphatic carbocycles. The summed E-state index contributed by atoms with van der Waals surface area (Å²) < 4.78 is 0. The normalized spacial score (nSPS) is 19.5. The smallest absolute Gasteiger partial charge is 0.226 e. The van der Waals surface area contributed by atoms with Crippen molar-refractivity contribution < 1.29 is 4.79 Å². The van der Waals surface area contributed by atoms with Crippen molar-refractivity contribution >= 4 is 5.91 Å². The third-order valence-corrected chi connectivity index (χ3v) is 2.82. The first-order valence-corrected chi connectivity index (χ1v) is 4.83. The molecule has 3 heteroatoms. The molecular formula is C10H16N2O. The Morgan fingerprint density at radius 1 is 1.54 bits per heavy atom. The van der Waals surface area contributed by atoms with Crippen LogP contribution in [0.15, 0.2) is 0 Å². The molecule has 0 aromatic carbocycles. The van der Waals surface area contributed by atoms with E-state index in [9.17, 15) is 4.79 Å². The van der Waals surface area contributed by atoms with E-state index in [0.29, 0.717) is 0 Å². The second kappa shape index (κ2) is 4.27. The second-order valence-electron chi connectivity index (χ2n) is 3.74. The van der Waals surface area contributed by atoms with E-state index in [-0.39, 0.29) is 17.9 Å². The molecule has 0 bridgehead atoms. The van der Waals surface area contributed by atoms with Crippen LogP contribution < -0.4 is 0 Å². The zero-order valence-electron chi connectivity index (χ0n) is 8.29. The minimum absolute atomic E-state index is 0.145. The summed E-state index contributed by atoms with van der Waals surface area (Å²) in [4.78, 5) is 13.3. The number of nitriles is 1. The van der Waals surface area contributed by atoms with Gasteiger partial charge in [-0.25, -0.2) is 0 Å². The Balaban J connectivity index is 2.51. The summed E-state index contributed by atoms with van der Waals surface area (Å²) in [5, 5.41) is 8.65. The lowest BCUT2D eigenvalue weighted by Crippen LogP contribution is -2.37. The van der Waals surface area contributed by atoms with Gasteiger partial charge in [0.1, 0.15) is 6.04 Å². The highest BCUT2D eigenvalue weighted by atomic mass is 16.2. The van der Waals surface area contributed by atoms with Gasteiger partial charge in [-0.1, -0.05) is 12.8 Å². The summed E-state index contributed by atoms with van der Waals surface area (Å²) in [5.74, 6) is 0.326. The molecule has 0 saturated heterocycles. The number of carbonyl (C=O) groups excluding carboxylic acids is 1. The minimum atomic E-state index is -0.298. The molecule has 1 aliphatic rings. The Labute approximate surface area is 79.3 Å². The summed E-state index contributed by atoms with van der Waals surface area (Å²) in [6, 6.07) is 1.78. The predicted octanol–water partition coefficient (Wildman–Crippen LogP) is 1.55. The van der Waals surface area contributed by atoms with Crippen LogP contribution in [0.3, 0.4) is 0 Å². The first kappa shape index (κ1) is 10.0. The van der Waals surface area contributed by atoms with Gasteiger partial charge in [-0.3, -0.25) is 4.79 Å². The molecule has 0 N–H and O–H groups in total. The van der Waals surface area contributed by atoms with Crippen molar-refractivity contribution in [2.24, 2.45) is 5.92 Å². The van der Waals surface area contributed by atoms with Crippen molar-refractivity contribution in [3.05, 3.63) is 0 Å². The molecule has 1 rings (SSSR count). The van der Waals surface area contributed by atoms with Gasteiger partial charge in [0.25, 0.3) is 0 Å². The van der Waals surface area contributed by atoms with Crippen molar-refractivity contribution in [1.29, 1.82) is 5.26 Å². The number of nitrogens with zero attached hydrogens (tertiary/aromatic N) is 2. The summed E-state index contributed by atoms with van der Waals surface area (Å²) in [6.45, 7) is 1.76. The highest BCUT2D eigenvalue weighted by Crippen LogP contribution is 2.26. The molecule has 1 amide bonds. The molecule has 0 aromatic rings. The molecule has 0 aromatic heterocycles. The van der Waals surface area contributed by atoms with E-state index in [4.69, 9.17) is 5.26 Å². The third-order valence-electron chi connectivity index (χ3n) is 2.82. The van der Waals surface area contributed by atoms with Crippen LogP contribution in [0.2, 0.25) is 0 Å². The summed E-state index contributed by atoms with van der Waals surface area (Å²) >= 11 is 0. The molecular weight excluding hydrogens is 164 g/mol. The number of hydrogen-bond donors (Lipinski definition) is 0. The average molecular weight is 180 g/mol. The molecule has 0 radical (unpaired) electrons. The number of rotatable bonds is 2. The van der Waals surface area contributed by atoms with E-state index in [2.05, 4.69) is 6.07 Å². The minimum Gasteiger partial charge on any atom is -0.330 e. The van der Waals surface area contributed by atoms with Crippen LogP contribution in [0.1, 0.15) is 32.6 Å². The molecule has 72 valence electrons. The lowest BCUT2D eigenvalue weighted by atomic mass is 10.1. The maximum atomic E-state index is 11.7. The van der Waals surface area contributed by atoms with Crippen LogP contribution in [-0.4, -0.2) is 23.9 Å². The van der Waals surface area contributed by atoms with Crippen LogP contribution in [0, 0.1) is 17.2 Å². The number of hydrogen-bond acceptors (Lipinski definition) is 2. The number of carbonyl (C=O) groups is 1. The van der Waals surface area contributed by atoms with Crippen molar-refractivity contribution in [3.63, 3.8) is 0 Å². The Morgan fingerprint density at radius 3 is 2.54 bits per heavy atom. The quantitative estimate of drug-likeness (QED) is 0.647. The van der Waals surface area contributed by atoms with Gasteiger partial charge in [-0.05, 0) is 19.8 Å².